The lowest BCUT2D eigenvalue weighted by atomic mass is 10.0. The Hall–Kier alpha value is -2.92. The van der Waals surface area contributed by atoms with Gasteiger partial charge in [-0.05, 0) is 30.2 Å². The van der Waals surface area contributed by atoms with Gasteiger partial charge in [-0.15, -0.1) is 0 Å². The van der Waals surface area contributed by atoms with Gasteiger partial charge in [-0.25, -0.2) is 0 Å². The molecule has 0 aliphatic carbocycles. The number of nitrogens with zero attached hydrogens (tertiary/aromatic N) is 2. The summed E-state index contributed by atoms with van der Waals surface area (Å²) in [5, 5.41) is 10.9. The molecule has 1 aliphatic rings. The van der Waals surface area contributed by atoms with E-state index in [1.165, 1.54) is 0 Å². The predicted octanol–water partition coefficient (Wildman–Crippen LogP) is 2.47. The first-order valence-corrected chi connectivity index (χ1v) is 12.6. The summed E-state index contributed by atoms with van der Waals surface area (Å²) in [4.78, 5) is 17.1. The number of rotatable bonds is 9. The standard InChI is InChI=1S/C24H28N2O7S/c1-25(24(28)12-18-15-32-23-8-3-2-7-21(18)23)22(14-26-10-9-19(27)13-26)17-5-4-6-20(11-17)33-16-34(29,30)31/h2-8,11,15,19,22,27H,9-10,12-14,16H2,1H3,(H,29,30,31)/t19-,22-/m1/s1. The molecule has 0 unspecified atom stereocenters. The monoisotopic (exact) mass is 488 g/mol. The summed E-state index contributed by atoms with van der Waals surface area (Å²) in [6.07, 6.45) is 2.03. The fourth-order valence-corrected chi connectivity index (χ4v) is 4.54. The number of ether oxygens (including phenoxy) is 1. The van der Waals surface area contributed by atoms with Gasteiger partial charge in [0.2, 0.25) is 11.8 Å². The Morgan fingerprint density at radius 1 is 1.26 bits per heavy atom. The molecule has 1 aliphatic heterocycles. The van der Waals surface area contributed by atoms with Gasteiger partial charge < -0.3 is 19.2 Å². The van der Waals surface area contributed by atoms with Gasteiger partial charge in [0.05, 0.1) is 24.8 Å². The fourth-order valence-electron chi connectivity index (χ4n) is 4.26. The number of hydrogen-bond donors (Lipinski definition) is 2. The van der Waals surface area contributed by atoms with Gasteiger partial charge in [-0.2, -0.15) is 8.42 Å². The van der Waals surface area contributed by atoms with Crippen molar-refractivity contribution in [2.45, 2.75) is 25.0 Å². The number of carbonyl (C=O) groups is 1. The van der Waals surface area contributed by atoms with E-state index in [2.05, 4.69) is 4.90 Å². The molecule has 1 aromatic heterocycles. The van der Waals surface area contributed by atoms with Crippen LogP contribution in [0.15, 0.2) is 59.2 Å². The first kappa shape index (κ1) is 24.2. The quantitative estimate of drug-likeness (QED) is 0.441. The Morgan fingerprint density at radius 3 is 2.79 bits per heavy atom. The van der Waals surface area contributed by atoms with Gasteiger partial charge in [0.1, 0.15) is 11.3 Å². The van der Waals surface area contributed by atoms with Gasteiger partial charge in [0.25, 0.3) is 0 Å². The van der Waals surface area contributed by atoms with Crippen LogP contribution in [0.5, 0.6) is 5.75 Å². The molecule has 34 heavy (non-hydrogen) atoms. The van der Waals surface area contributed by atoms with Crippen molar-refractivity contribution in [3.05, 3.63) is 65.9 Å². The lowest BCUT2D eigenvalue weighted by Gasteiger charge is -2.32. The molecule has 2 atom stereocenters. The van der Waals surface area contributed by atoms with Gasteiger partial charge in [0, 0.05) is 37.6 Å². The molecule has 0 radical (unpaired) electrons. The number of fused-ring (bicyclic) bond motifs is 1. The second-order valence-electron chi connectivity index (χ2n) is 8.57. The Balaban J connectivity index is 1.57. The minimum atomic E-state index is -4.29. The molecule has 1 saturated heterocycles. The van der Waals surface area contributed by atoms with E-state index in [9.17, 15) is 18.3 Å². The summed E-state index contributed by atoms with van der Waals surface area (Å²) in [5.74, 6) is -0.703. The Labute approximate surface area is 198 Å². The number of para-hydroxylation sites is 1. The maximum Gasteiger partial charge on any atom is 0.300 e. The number of furan rings is 1. The number of benzene rings is 2. The molecule has 0 saturated carbocycles. The molecule has 10 heteroatoms. The van der Waals surface area contributed by atoms with Crippen LogP contribution in [0.1, 0.15) is 23.6 Å². The van der Waals surface area contributed by atoms with Crippen LogP contribution in [-0.2, 0) is 21.3 Å². The van der Waals surface area contributed by atoms with Crippen LogP contribution in [0.3, 0.4) is 0 Å². The van der Waals surface area contributed by atoms with Crippen LogP contribution >= 0.6 is 0 Å². The van der Waals surface area contributed by atoms with E-state index in [1.807, 2.05) is 30.3 Å². The van der Waals surface area contributed by atoms with Crippen LogP contribution in [0.25, 0.3) is 11.0 Å². The van der Waals surface area contributed by atoms with E-state index in [4.69, 9.17) is 13.7 Å². The zero-order valence-corrected chi connectivity index (χ0v) is 19.6. The zero-order valence-electron chi connectivity index (χ0n) is 18.8. The summed E-state index contributed by atoms with van der Waals surface area (Å²) in [7, 11) is -2.56. The molecular weight excluding hydrogens is 460 g/mol. The van der Waals surface area contributed by atoms with Crippen LogP contribution in [0, 0.1) is 0 Å². The molecule has 3 aromatic rings. The van der Waals surface area contributed by atoms with Crippen LogP contribution in [0.4, 0.5) is 0 Å². The summed E-state index contributed by atoms with van der Waals surface area (Å²) in [6, 6.07) is 14.0. The van der Waals surface area contributed by atoms with Gasteiger partial charge >= 0.3 is 10.1 Å². The third kappa shape index (κ3) is 5.95. The zero-order chi connectivity index (χ0) is 24.3. The lowest BCUT2D eigenvalue weighted by Crippen LogP contribution is -2.39. The van der Waals surface area contributed by atoms with Crippen LogP contribution in [0.2, 0.25) is 0 Å². The van der Waals surface area contributed by atoms with Crippen molar-refractivity contribution in [2.75, 3.05) is 32.6 Å². The van der Waals surface area contributed by atoms with E-state index in [0.717, 1.165) is 22.1 Å². The Kier molecular flexibility index (Phi) is 7.22. The highest BCUT2D eigenvalue weighted by molar-refractivity contribution is 7.85. The van der Waals surface area contributed by atoms with Crippen molar-refractivity contribution in [1.29, 1.82) is 0 Å². The van der Waals surface area contributed by atoms with Crippen LogP contribution < -0.4 is 4.74 Å². The smallest absolute Gasteiger partial charge is 0.300 e. The van der Waals surface area contributed by atoms with Crippen molar-refractivity contribution in [2.24, 2.45) is 0 Å². The van der Waals surface area contributed by atoms with Crippen molar-refractivity contribution in [3.8, 4) is 5.75 Å². The van der Waals surface area contributed by atoms with Crippen molar-refractivity contribution in [3.63, 3.8) is 0 Å². The maximum atomic E-state index is 13.3. The molecule has 0 spiro atoms. The SMILES string of the molecule is CN(C(=O)Cc1coc2ccccc12)[C@H](CN1CC[C@@H](O)C1)c1cccc(OCS(=O)(=O)O)c1. The molecule has 182 valence electrons. The summed E-state index contributed by atoms with van der Waals surface area (Å²) >= 11 is 0. The number of amides is 1. The molecule has 2 N–H and O–H groups in total. The van der Waals surface area contributed by atoms with E-state index >= 15 is 0 Å². The highest BCUT2D eigenvalue weighted by Gasteiger charge is 2.29. The predicted molar refractivity (Wildman–Crippen MR) is 126 cm³/mol. The maximum absolute atomic E-state index is 13.3. The number of likely N-dealkylation sites (tertiary alicyclic amines) is 1. The average Bonchev–Trinajstić information content (AvgIpc) is 3.41. The number of aliphatic hydroxyl groups is 1. The second-order valence-corrected chi connectivity index (χ2v) is 9.97. The molecular formula is C24H28N2O7S. The Morgan fingerprint density at radius 2 is 2.06 bits per heavy atom. The van der Waals surface area contributed by atoms with Crippen LogP contribution in [-0.4, -0.2) is 72.5 Å². The molecule has 2 heterocycles. The normalized spacial score (nSPS) is 17.7. The van der Waals surface area contributed by atoms with Gasteiger partial charge in [-0.1, -0.05) is 30.3 Å². The third-order valence-corrected chi connectivity index (χ3v) is 6.48. The topological polar surface area (TPSA) is 121 Å². The highest BCUT2D eigenvalue weighted by Crippen LogP contribution is 2.28. The van der Waals surface area contributed by atoms with Gasteiger partial charge in [0.15, 0.2) is 0 Å². The minimum Gasteiger partial charge on any atom is -0.475 e. The summed E-state index contributed by atoms with van der Waals surface area (Å²) in [5.41, 5.74) is 2.27. The molecule has 4 rings (SSSR count). The highest BCUT2D eigenvalue weighted by atomic mass is 32.2. The van der Waals surface area contributed by atoms with Crippen molar-refractivity contribution >= 4 is 27.0 Å². The van der Waals surface area contributed by atoms with Gasteiger partial charge in [-0.3, -0.25) is 14.2 Å². The summed E-state index contributed by atoms with van der Waals surface area (Å²) < 4.78 is 41.9. The summed E-state index contributed by atoms with van der Waals surface area (Å²) in [6.45, 7) is 1.72. The lowest BCUT2D eigenvalue weighted by molar-refractivity contribution is -0.131. The van der Waals surface area contributed by atoms with E-state index in [1.54, 1.807) is 36.4 Å². The second kappa shape index (κ2) is 10.1. The number of aliphatic hydroxyl groups excluding tert-OH is 1. The molecule has 1 fully saturated rings. The fraction of sp³-hybridized carbons (Fsp3) is 0.375. The first-order valence-electron chi connectivity index (χ1n) is 11.0. The van der Waals surface area contributed by atoms with Crippen molar-refractivity contribution in [1.82, 2.24) is 9.80 Å². The number of likely N-dealkylation sites (N-methyl/N-ethyl adjacent to an activating group) is 1. The minimum absolute atomic E-state index is 0.111. The molecule has 9 nitrogen and oxygen atoms in total. The Bertz CT molecular complexity index is 1260. The molecule has 1 amide bonds. The molecule has 0 bridgehead atoms. The largest absolute Gasteiger partial charge is 0.475 e. The average molecular weight is 489 g/mol. The first-order chi connectivity index (χ1) is 16.2. The van der Waals surface area contributed by atoms with E-state index in [-0.39, 0.29) is 24.1 Å². The number of carbonyl (C=O) groups excluding carboxylic acids is 1. The molecule has 2 aromatic carbocycles. The van der Waals surface area contributed by atoms with Crippen molar-refractivity contribution < 1.29 is 32.0 Å². The number of β-amino-alcohol motifs (C(OH)–C–C–N with tert-alkyl or cyclic N) is 1. The van der Waals surface area contributed by atoms with E-state index in [0.29, 0.717) is 26.1 Å². The van der Waals surface area contributed by atoms with E-state index < -0.39 is 22.2 Å². The number of hydrogen-bond acceptors (Lipinski definition) is 7. The third-order valence-electron chi connectivity index (χ3n) is 6.06.